The molecule has 0 aliphatic carbocycles. The number of halogens is 1. The lowest BCUT2D eigenvalue weighted by atomic mass is 10.1. The summed E-state index contributed by atoms with van der Waals surface area (Å²) in [6.45, 7) is 2.13. The number of nitrogens with zero attached hydrogens (tertiary/aromatic N) is 1. The Balaban J connectivity index is 2.12. The number of benzene rings is 2. The second-order valence-electron chi connectivity index (χ2n) is 4.83. The molecule has 0 fully saturated rings. The van der Waals surface area contributed by atoms with Crippen LogP contribution in [0.4, 0.5) is 11.4 Å². The quantitative estimate of drug-likeness (QED) is 0.878. The average molecular weight is 275 g/mol. The maximum atomic E-state index is 6.15. The zero-order chi connectivity index (χ0) is 13.8. The maximum absolute atomic E-state index is 6.15. The predicted octanol–water partition coefficient (Wildman–Crippen LogP) is 4.58. The van der Waals surface area contributed by atoms with Crippen LogP contribution in [0.2, 0.25) is 5.02 Å². The van der Waals surface area contributed by atoms with E-state index in [9.17, 15) is 0 Å². The highest BCUT2D eigenvalue weighted by molar-refractivity contribution is 6.33. The summed E-state index contributed by atoms with van der Waals surface area (Å²) in [6.07, 6.45) is 0. The van der Waals surface area contributed by atoms with E-state index in [1.54, 1.807) is 0 Å². The monoisotopic (exact) mass is 274 g/mol. The van der Waals surface area contributed by atoms with Gasteiger partial charge in [-0.2, -0.15) is 0 Å². The Morgan fingerprint density at radius 2 is 1.63 bits per heavy atom. The average Bonchev–Trinajstić information content (AvgIpc) is 2.41. The van der Waals surface area contributed by atoms with E-state index in [2.05, 4.69) is 41.4 Å². The fourth-order valence-electron chi connectivity index (χ4n) is 1.96. The summed E-state index contributed by atoms with van der Waals surface area (Å²) in [6, 6.07) is 16.6. The molecule has 19 heavy (non-hydrogen) atoms. The zero-order valence-electron chi connectivity index (χ0n) is 11.5. The molecule has 0 amide bonds. The third kappa shape index (κ3) is 3.42. The van der Waals surface area contributed by atoms with Crippen LogP contribution in [0.1, 0.15) is 18.5 Å². The van der Waals surface area contributed by atoms with Crippen molar-refractivity contribution < 1.29 is 0 Å². The summed E-state index contributed by atoms with van der Waals surface area (Å²) in [7, 11) is 4.08. The summed E-state index contributed by atoms with van der Waals surface area (Å²) < 4.78 is 0. The van der Waals surface area contributed by atoms with Gasteiger partial charge in [0.15, 0.2) is 0 Å². The molecule has 0 radical (unpaired) electrons. The minimum atomic E-state index is 0.219. The Kier molecular flexibility index (Phi) is 4.33. The van der Waals surface area contributed by atoms with Crippen LogP contribution in [0.3, 0.4) is 0 Å². The molecule has 0 aliphatic heterocycles. The molecule has 0 heterocycles. The molecule has 2 aromatic rings. The number of hydrogen-bond donors (Lipinski definition) is 1. The second-order valence-corrected chi connectivity index (χ2v) is 5.24. The Morgan fingerprint density at radius 3 is 2.21 bits per heavy atom. The lowest BCUT2D eigenvalue weighted by Gasteiger charge is -2.18. The fraction of sp³-hybridized carbons (Fsp3) is 0.250. The zero-order valence-corrected chi connectivity index (χ0v) is 12.3. The lowest BCUT2D eigenvalue weighted by Crippen LogP contribution is -2.10. The number of hydrogen-bond acceptors (Lipinski definition) is 2. The van der Waals surface area contributed by atoms with Crippen molar-refractivity contribution in [2.24, 2.45) is 0 Å². The van der Waals surface area contributed by atoms with Gasteiger partial charge < -0.3 is 10.2 Å². The van der Waals surface area contributed by atoms with E-state index in [4.69, 9.17) is 11.6 Å². The summed E-state index contributed by atoms with van der Waals surface area (Å²) in [4.78, 5) is 2.09. The van der Waals surface area contributed by atoms with Crippen LogP contribution in [0.25, 0.3) is 0 Å². The highest BCUT2D eigenvalue weighted by atomic mass is 35.5. The standard InChI is InChI=1S/C16H19ClN2/c1-12(18-16-7-5-4-6-15(16)17)13-8-10-14(11-9-13)19(2)3/h4-12,18H,1-3H3. The SMILES string of the molecule is CC(Nc1ccccc1Cl)c1ccc(N(C)C)cc1. The van der Waals surface area contributed by atoms with Crippen LogP contribution >= 0.6 is 11.6 Å². The smallest absolute Gasteiger partial charge is 0.0637 e. The molecular formula is C16H19ClN2. The van der Waals surface area contributed by atoms with Gasteiger partial charge in [0, 0.05) is 25.8 Å². The van der Waals surface area contributed by atoms with Crippen molar-refractivity contribution in [3.63, 3.8) is 0 Å². The normalized spacial score (nSPS) is 12.0. The molecule has 0 saturated carbocycles. The molecule has 0 bridgehead atoms. The van der Waals surface area contributed by atoms with Gasteiger partial charge >= 0.3 is 0 Å². The highest BCUT2D eigenvalue weighted by Gasteiger charge is 2.07. The second kappa shape index (κ2) is 5.98. The van der Waals surface area contributed by atoms with E-state index >= 15 is 0 Å². The molecule has 0 spiro atoms. The number of nitrogens with one attached hydrogen (secondary N) is 1. The van der Waals surface area contributed by atoms with E-state index in [0.717, 1.165) is 10.7 Å². The van der Waals surface area contributed by atoms with Crippen molar-refractivity contribution in [2.45, 2.75) is 13.0 Å². The minimum absolute atomic E-state index is 0.219. The van der Waals surface area contributed by atoms with Gasteiger partial charge in [-0.3, -0.25) is 0 Å². The first-order valence-corrected chi connectivity index (χ1v) is 6.74. The van der Waals surface area contributed by atoms with Crippen molar-refractivity contribution in [1.82, 2.24) is 0 Å². The van der Waals surface area contributed by atoms with E-state index in [1.165, 1.54) is 11.3 Å². The summed E-state index contributed by atoms with van der Waals surface area (Å²) in [5.41, 5.74) is 3.41. The van der Waals surface area contributed by atoms with E-state index in [0.29, 0.717) is 0 Å². The molecule has 0 aliphatic rings. The van der Waals surface area contributed by atoms with Gasteiger partial charge in [0.1, 0.15) is 0 Å². The topological polar surface area (TPSA) is 15.3 Å². The molecule has 1 N–H and O–H groups in total. The summed E-state index contributed by atoms with van der Waals surface area (Å²) in [5, 5.41) is 4.18. The molecule has 0 aromatic heterocycles. The molecule has 1 atom stereocenters. The van der Waals surface area contributed by atoms with Crippen LogP contribution in [0, 0.1) is 0 Å². The van der Waals surface area contributed by atoms with Crippen molar-refractivity contribution >= 4 is 23.0 Å². The molecule has 1 unspecified atom stereocenters. The van der Waals surface area contributed by atoms with Crippen LogP contribution < -0.4 is 10.2 Å². The molecule has 2 nitrogen and oxygen atoms in total. The van der Waals surface area contributed by atoms with E-state index in [-0.39, 0.29) is 6.04 Å². The van der Waals surface area contributed by atoms with E-state index in [1.807, 2.05) is 38.4 Å². The first-order chi connectivity index (χ1) is 9.08. The van der Waals surface area contributed by atoms with Crippen LogP contribution in [0.5, 0.6) is 0 Å². The van der Waals surface area contributed by atoms with Gasteiger partial charge in [-0.15, -0.1) is 0 Å². The number of anilines is 2. The number of para-hydroxylation sites is 1. The Morgan fingerprint density at radius 1 is 1.00 bits per heavy atom. The molecule has 100 valence electrons. The van der Waals surface area contributed by atoms with Gasteiger partial charge in [0.25, 0.3) is 0 Å². The summed E-state index contributed by atoms with van der Waals surface area (Å²) in [5.74, 6) is 0. The Labute approximate surface area is 120 Å². The van der Waals surface area contributed by atoms with Crippen molar-refractivity contribution in [3.05, 3.63) is 59.1 Å². The van der Waals surface area contributed by atoms with E-state index < -0.39 is 0 Å². The van der Waals surface area contributed by atoms with Crippen LogP contribution in [-0.2, 0) is 0 Å². The maximum Gasteiger partial charge on any atom is 0.0637 e. The first-order valence-electron chi connectivity index (χ1n) is 6.36. The van der Waals surface area contributed by atoms with Crippen LogP contribution in [-0.4, -0.2) is 14.1 Å². The Bertz CT molecular complexity index is 535. The van der Waals surface area contributed by atoms with Gasteiger partial charge in [-0.1, -0.05) is 35.9 Å². The minimum Gasteiger partial charge on any atom is -0.378 e. The molecule has 2 rings (SSSR count). The molecule has 3 heteroatoms. The van der Waals surface area contributed by atoms with Crippen LogP contribution in [0.15, 0.2) is 48.5 Å². The predicted molar refractivity (Wildman–Crippen MR) is 84.3 cm³/mol. The fourth-order valence-corrected chi connectivity index (χ4v) is 2.15. The first kappa shape index (κ1) is 13.8. The molecular weight excluding hydrogens is 256 g/mol. The van der Waals surface area contributed by atoms with Gasteiger partial charge in [-0.25, -0.2) is 0 Å². The number of rotatable bonds is 4. The molecule has 2 aromatic carbocycles. The van der Waals surface area contributed by atoms with Crippen molar-refractivity contribution in [2.75, 3.05) is 24.3 Å². The third-order valence-corrected chi connectivity index (χ3v) is 3.48. The van der Waals surface area contributed by atoms with Crippen molar-refractivity contribution in [1.29, 1.82) is 0 Å². The van der Waals surface area contributed by atoms with Gasteiger partial charge in [-0.05, 0) is 36.8 Å². The van der Waals surface area contributed by atoms with Gasteiger partial charge in [0.05, 0.1) is 10.7 Å². The van der Waals surface area contributed by atoms with Gasteiger partial charge in [0.2, 0.25) is 0 Å². The van der Waals surface area contributed by atoms with Crippen molar-refractivity contribution in [3.8, 4) is 0 Å². The summed E-state index contributed by atoms with van der Waals surface area (Å²) >= 11 is 6.15. The highest BCUT2D eigenvalue weighted by Crippen LogP contribution is 2.26. The lowest BCUT2D eigenvalue weighted by molar-refractivity contribution is 0.884. The third-order valence-electron chi connectivity index (χ3n) is 3.16. The molecule has 0 saturated heterocycles. The Hall–Kier alpha value is -1.67. The largest absolute Gasteiger partial charge is 0.378 e.